The Bertz CT molecular complexity index is 876. The van der Waals surface area contributed by atoms with Gasteiger partial charge in [-0.3, -0.25) is 9.36 Å². The number of ether oxygens (including phenoxy) is 2. The van der Waals surface area contributed by atoms with E-state index in [-0.39, 0.29) is 12.6 Å². The van der Waals surface area contributed by atoms with Gasteiger partial charge in [0.15, 0.2) is 5.82 Å². The van der Waals surface area contributed by atoms with Crippen molar-refractivity contribution < 1.29 is 19.4 Å². The van der Waals surface area contributed by atoms with E-state index in [9.17, 15) is 0 Å². The lowest BCUT2D eigenvalue weighted by Crippen LogP contribution is -2.16. The second kappa shape index (κ2) is 9.18. The Labute approximate surface area is 163 Å². The van der Waals surface area contributed by atoms with Crippen LogP contribution in [0.2, 0.25) is 0 Å². The maximum Gasteiger partial charge on any atom is 0.290 e. The van der Waals surface area contributed by atoms with Crippen LogP contribution in [0.1, 0.15) is 18.7 Å². The second-order valence-corrected chi connectivity index (χ2v) is 6.45. The Kier molecular flexibility index (Phi) is 6.44. The zero-order chi connectivity index (χ0) is 19.9. The van der Waals surface area contributed by atoms with Gasteiger partial charge in [-0.25, -0.2) is 9.97 Å². The predicted octanol–water partition coefficient (Wildman–Crippen LogP) is 2.84. The maximum absolute atomic E-state index is 8.36. The molecule has 1 atom stereocenters. The molecule has 148 valence electrons. The Morgan fingerprint density at radius 3 is 2.71 bits per heavy atom. The highest BCUT2D eigenvalue weighted by atomic mass is 16.5. The Hall–Kier alpha value is -3.13. The molecule has 3 aromatic rings. The fourth-order valence-electron chi connectivity index (χ4n) is 3.04. The van der Waals surface area contributed by atoms with Crippen LogP contribution in [0, 0.1) is 6.92 Å². The van der Waals surface area contributed by atoms with Gasteiger partial charge >= 0.3 is 0 Å². The molecule has 0 aliphatic carbocycles. The molecule has 0 spiro atoms. The molecule has 8 heteroatoms. The molecule has 1 aromatic carbocycles. The van der Waals surface area contributed by atoms with Crippen LogP contribution in [0.3, 0.4) is 0 Å². The van der Waals surface area contributed by atoms with Crippen LogP contribution in [0.4, 0.5) is 0 Å². The van der Waals surface area contributed by atoms with Gasteiger partial charge in [0.2, 0.25) is 0 Å². The van der Waals surface area contributed by atoms with E-state index in [4.69, 9.17) is 19.4 Å². The summed E-state index contributed by atoms with van der Waals surface area (Å²) in [5, 5.41) is 6.89. The van der Waals surface area contributed by atoms with Crippen molar-refractivity contribution in [2.75, 3.05) is 13.2 Å². The van der Waals surface area contributed by atoms with Crippen LogP contribution >= 0.6 is 0 Å². The highest BCUT2D eigenvalue weighted by molar-refractivity contribution is 5.54. The van der Waals surface area contributed by atoms with Crippen molar-refractivity contribution in [2.24, 2.45) is 7.05 Å². The molecule has 1 saturated heterocycles. The van der Waals surface area contributed by atoms with E-state index in [2.05, 4.69) is 9.97 Å². The predicted molar refractivity (Wildman–Crippen MR) is 104 cm³/mol. The SMILES string of the molecule is Cc1nc(-c2nccn2-c2ccc(OCC3CCCO3)cc2)cn1C.O=CO. The molecular formula is C20H24N4O4. The van der Waals surface area contributed by atoms with Crippen LogP contribution < -0.4 is 4.74 Å². The smallest absolute Gasteiger partial charge is 0.290 e. The van der Waals surface area contributed by atoms with Crippen molar-refractivity contribution in [1.82, 2.24) is 19.1 Å². The molecule has 1 N–H and O–H groups in total. The van der Waals surface area contributed by atoms with Gasteiger partial charge < -0.3 is 19.1 Å². The maximum atomic E-state index is 8.36. The number of carboxylic acid groups (broad SMARTS) is 1. The summed E-state index contributed by atoms with van der Waals surface area (Å²) >= 11 is 0. The summed E-state index contributed by atoms with van der Waals surface area (Å²) in [6.07, 6.45) is 8.17. The van der Waals surface area contributed by atoms with Crippen molar-refractivity contribution in [2.45, 2.75) is 25.9 Å². The molecule has 1 unspecified atom stereocenters. The van der Waals surface area contributed by atoms with E-state index in [1.165, 1.54) is 0 Å². The molecule has 0 bridgehead atoms. The minimum Gasteiger partial charge on any atom is -0.491 e. The van der Waals surface area contributed by atoms with Crippen LogP contribution in [0.25, 0.3) is 17.2 Å². The lowest BCUT2D eigenvalue weighted by molar-refractivity contribution is -0.122. The summed E-state index contributed by atoms with van der Waals surface area (Å²) in [5.74, 6) is 2.65. The lowest BCUT2D eigenvalue weighted by Gasteiger charge is -2.12. The van der Waals surface area contributed by atoms with E-state index in [1.54, 1.807) is 6.20 Å². The summed E-state index contributed by atoms with van der Waals surface area (Å²) < 4.78 is 15.4. The highest BCUT2D eigenvalue weighted by Gasteiger charge is 2.16. The summed E-state index contributed by atoms with van der Waals surface area (Å²) in [7, 11) is 1.99. The number of imidazole rings is 2. The topological polar surface area (TPSA) is 91.4 Å². The zero-order valence-corrected chi connectivity index (χ0v) is 16.0. The van der Waals surface area contributed by atoms with E-state index in [0.717, 1.165) is 48.2 Å². The number of carbonyl (C=O) groups is 1. The number of aryl methyl sites for hydroxylation is 2. The minimum absolute atomic E-state index is 0.229. The number of nitrogens with zero attached hydrogens (tertiary/aromatic N) is 4. The van der Waals surface area contributed by atoms with Gasteiger partial charge in [0, 0.05) is 37.9 Å². The van der Waals surface area contributed by atoms with Gasteiger partial charge in [-0.2, -0.15) is 0 Å². The van der Waals surface area contributed by atoms with Crippen LogP contribution in [-0.4, -0.2) is 50.0 Å². The van der Waals surface area contributed by atoms with E-state index >= 15 is 0 Å². The molecule has 0 radical (unpaired) electrons. The third kappa shape index (κ3) is 4.58. The van der Waals surface area contributed by atoms with E-state index < -0.39 is 0 Å². The molecule has 4 rings (SSSR count). The fraction of sp³-hybridized carbons (Fsp3) is 0.350. The van der Waals surface area contributed by atoms with Crippen molar-refractivity contribution in [3.05, 3.63) is 48.7 Å². The normalized spacial score (nSPS) is 15.7. The second-order valence-electron chi connectivity index (χ2n) is 6.45. The van der Waals surface area contributed by atoms with Crippen molar-refractivity contribution in [3.8, 4) is 23.0 Å². The van der Waals surface area contributed by atoms with Gasteiger partial charge in [-0.15, -0.1) is 0 Å². The number of hydrogen-bond acceptors (Lipinski definition) is 5. The Morgan fingerprint density at radius 2 is 2.11 bits per heavy atom. The van der Waals surface area contributed by atoms with Crippen molar-refractivity contribution >= 4 is 6.47 Å². The first-order valence-electron chi connectivity index (χ1n) is 9.08. The largest absolute Gasteiger partial charge is 0.491 e. The fourth-order valence-corrected chi connectivity index (χ4v) is 3.04. The first kappa shape index (κ1) is 19.6. The number of aromatic nitrogens is 4. The molecule has 1 aliphatic heterocycles. The van der Waals surface area contributed by atoms with Crippen molar-refractivity contribution in [1.29, 1.82) is 0 Å². The standard InChI is InChI=1S/C19H22N4O2.CH2O2/c1-14-21-18(12-22(14)2)19-20-9-10-23(19)15-5-7-16(8-6-15)25-13-17-4-3-11-24-17;2-1-3/h5-10,12,17H,3-4,11,13H2,1-2H3;1H,(H,2,3). The zero-order valence-electron chi connectivity index (χ0n) is 16.0. The summed E-state index contributed by atoms with van der Waals surface area (Å²) in [6.45, 7) is 3.20. The molecule has 1 aliphatic rings. The summed E-state index contributed by atoms with van der Waals surface area (Å²) in [4.78, 5) is 17.4. The molecule has 3 heterocycles. The number of hydrogen-bond donors (Lipinski definition) is 1. The molecule has 8 nitrogen and oxygen atoms in total. The molecule has 2 aromatic heterocycles. The third-order valence-electron chi connectivity index (χ3n) is 4.55. The molecule has 1 fully saturated rings. The van der Waals surface area contributed by atoms with E-state index in [1.807, 2.05) is 59.8 Å². The van der Waals surface area contributed by atoms with Gasteiger partial charge in [-0.05, 0) is 44.0 Å². The quantitative estimate of drug-likeness (QED) is 0.680. The average molecular weight is 384 g/mol. The van der Waals surface area contributed by atoms with Crippen LogP contribution in [-0.2, 0) is 16.6 Å². The third-order valence-corrected chi connectivity index (χ3v) is 4.55. The Morgan fingerprint density at radius 1 is 1.36 bits per heavy atom. The van der Waals surface area contributed by atoms with Gasteiger partial charge in [-0.1, -0.05) is 0 Å². The molecule has 28 heavy (non-hydrogen) atoms. The molecular weight excluding hydrogens is 360 g/mol. The number of benzene rings is 1. The summed E-state index contributed by atoms with van der Waals surface area (Å²) in [6, 6.07) is 8.03. The number of rotatable bonds is 5. The van der Waals surface area contributed by atoms with Gasteiger partial charge in [0.1, 0.15) is 23.9 Å². The Balaban J connectivity index is 0.000000706. The lowest BCUT2D eigenvalue weighted by atomic mass is 10.2. The first-order chi connectivity index (χ1) is 13.6. The highest BCUT2D eigenvalue weighted by Crippen LogP contribution is 2.23. The molecule has 0 amide bonds. The molecule has 0 saturated carbocycles. The van der Waals surface area contributed by atoms with Crippen molar-refractivity contribution in [3.63, 3.8) is 0 Å². The first-order valence-corrected chi connectivity index (χ1v) is 9.08. The monoisotopic (exact) mass is 384 g/mol. The average Bonchev–Trinajstić information content (AvgIpc) is 3.43. The van der Waals surface area contributed by atoms with E-state index in [0.29, 0.717) is 6.61 Å². The minimum atomic E-state index is -0.250. The summed E-state index contributed by atoms with van der Waals surface area (Å²) in [5.41, 5.74) is 1.89. The van der Waals surface area contributed by atoms with Gasteiger partial charge in [0.25, 0.3) is 6.47 Å². The van der Waals surface area contributed by atoms with Crippen LogP contribution in [0.15, 0.2) is 42.9 Å². The van der Waals surface area contributed by atoms with Gasteiger partial charge in [0.05, 0.1) is 6.10 Å². The van der Waals surface area contributed by atoms with Crippen LogP contribution in [0.5, 0.6) is 5.75 Å².